The van der Waals surface area contributed by atoms with Crippen LogP contribution < -0.4 is 10.1 Å². The van der Waals surface area contributed by atoms with Crippen LogP contribution in [0.3, 0.4) is 0 Å². The van der Waals surface area contributed by atoms with E-state index in [1.165, 1.54) is 12.8 Å². The number of anilines is 1. The molecule has 2 aliphatic rings. The van der Waals surface area contributed by atoms with Gasteiger partial charge in [0.2, 0.25) is 11.8 Å². The van der Waals surface area contributed by atoms with E-state index in [2.05, 4.69) is 19.2 Å². The van der Waals surface area contributed by atoms with Crippen LogP contribution in [0.2, 0.25) is 0 Å². The molecule has 3 rings (SSSR count). The molecule has 1 saturated carbocycles. The Morgan fingerprint density at radius 1 is 1.27 bits per heavy atom. The van der Waals surface area contributed by atoms with Crippen LogP contribution in [0.5, 0.6) is 5.75 Å². The van der Waals surface area contributed by atoms with Gasteiger partial charge in [0.05, 0.1) is 18.2 Å². The molecule has 0 radical (unpaired) electrons. The molecule has 1 heterocycles. The summed E-state index contributed by atoms with van der Waals surface area (Å²) < 4.78 is 5.57. The number of benzene rings is 1. The Kier molecular flexibility index (Phi) is 5.84. The van der Waals surface area contributed by atoms with Crippen molar-refractivity contribution in [2.75, 3.05) is 18.5 Å². The highest BCUT2D eigenvalue weighted by molar-refractivity contribution is 5.98. The maximum atomic E-state index is 12.7. The zero-order valence-corrected chi connectivity index (χ0v) is 16.0. The van der Waals surface area contributed by atoms with Crippen molar-refractivity contribution < 1.29 is 14.3 Å². The van der Waals surface area contributed by atoms with Gasteiger partial charge in [-0.3, -0.25) is 9.59 Å². The number of hydrogen-bond acceptors (Lipinski definition) is 3. The Balaban J connectivity index is 1.66. The summed E-state index contributed by atoms with van der Waals surface area (Å²) in [6.45, 7) is 7.50. The smallest absolute Gasteiger partial charge is 0.229 e. The van der Waals surface area contributed by atoms with E-state index in [0.29, 0.717) is 42.8 Å². The standard InChI is InChI=1S/C21H30N2O3/c1-4-26-19-11-6-5-9-17(19)22-21(25)16-12-20(24)23(13-16)18-10-7-8-14(2)15(18)3/h5-6,9,11,14-16,18H,4,7-8,10,12-13H2,1-3H3,(H,22,25)/t14-,15-,16-,18+/m0/s1. The van der Waals surface area contributed by atoms with Crippen molar-refractivity contribution in [1.82, 2.24) is 4.90 Å². The highest BCUT2D eigenvalue weighted by Crippen LogP contribution is 2.36. The molecule has 2 amide bonds. The number of likely N-dealkylation sites (tertiary alicyclic amines) is 1. The van der Waals surface area contributed by atoms with Crippen molar-refractivity contribution in [1.29, 1.82) is 0 Å². The van der Waals surface area contributed by atoms with Crippen LogP contribution in [0.1, 0.15) is 46.5 Å². The second kappa shape index (κ2) is 8.11. The van der Waals surface area contributed by atoms with Crippen molar-refractivity contribution in [3.05, 3.63) is 24.3 Å². The van der Waals surface area contributed by atoms with E-state index >= 15 is 0 Å². The molecule has 5 nitrogen and oxygen atoms in total. The quantitative estimate of drug-likeness (QED) is 0.873. The molecule has 4 atom stereocenters. The molecule has 0 bridgehead atoms. The van der Waals surface area contributed by atoms with Gasteiger partial charge >= 0.3 is 0 Å². The van der Waals surface area contributed by atoms with E-state index in [4.69, 9.17) is 4.74 Å². The number of amides is 2. The van der Waals surface area contributed by atoms with Crippen LogP contribution in [0, 0.1) is 17.8 Å². The Hall–Kier alpha value is -2.04. The zero-order valence-electron chi connectivity index (χ0n) is 16.0. The molecule has 2 fully saturated rings. The van der Waals surface area contributed by atoms with Crippen molar-refractivity contribution in [3.63, 3.8) is 0 Å². The van der Waals surface area contributed by atoms with Crippen molar-refractivity contribution >= 4 is 17.5 Å². The Morgan fingerprint density at radius 3 is 2.81 bits per heavy atom. The summed E-state index contributed by atoms with van der Waals surface area (Å²) in [7, 11) is 0. The van der Waals surface area contributed by atoms with Gasteiger partial charge in [-0.25, -0.2) is 0 Å². The van der Waals surface area contributed by atoms with Crippen LogP contribution >= 0.6 is 0 Å². The lowest BCUT2D eigenvalue weighted by Gasteiger charge is -2.40. The molecule has 1 saturated heterocycles. The lowest BCUT2D eigenvalue weighted by Crippen LogP contribution is -2.45. The maximum absolute atomic E-state index is 12.7. The summed E-state index contributed by atoms with van der Waals surface area (Å²) in [5.74, 6) is 1.53. The average molecular weight is 358 g/mol. The lowest BCUT2D eigenvalue weighted by molar-refractivity contribution is -0.131. The largest absolute Gasteiger partial charge is 0.492 e. The van der Waals surface area contributed by atoms with Crippen molar-refractivity contribution in [2.45, 2.75) is 52.5 Å². The molecule has 1 aliphatic carbocycles. The van der Waals surface area contributed by atoms with Crippen molar-refractivity contribution in [3.8, 4) is 5.75 Å². The topological polar surface area (TPSA) is 58.6 Å². The second-order valence-corrected chi connectivity index (χ2v) is 7.70. The average Bonchev–Trinajstić information content (AvgIpc) is 3.01. The Labute approximate surface area is 156 Å². The molecule has 5 heteroatoms. The molecule has 1 N–H and O–H groups in total. The van der Waals surface area contributed by atoms with E-state index in [0.717, 1.165) is 6.42 Å². The zero-order chi connectivity index (χ0) is 18.7. The highest BCUT2D eigenvalue weighted by atomic mass is 16.5. The van der Waals surface area contributed by atoms with Gasteiger partial charge in [-0.15, -0.1) is 0 Å². The fourth-order valence-corrected chi connectivity index (χ4v) is 4.31. The molecule has 142 valence electrons. The SMILES string of the molecule is CCOc1ccccc1NC(=O)[C@H]1CC(=O)N([C@@H]2CCC[C@H](C)[C@@H]2C)C1. The summed E-state index contributed by atoms with van der Waals surface area (Å²) in [4.78, 5) is 27.3. The van der Waals surface area contributed by atoms with Gasteiger partial charge < -0.3 is 15.0 Å². The van der Waals surface area contributed by atoms with Crippen LogP contribution in [0.25, 0.3) is 0 Å². The van der Waals surface area contributed by atoms with E-state index in [1.54, 1.807) is 0 Å². The summed E-state index contributed by atoms with van der Waals surface area (Å²) in [6, 6.07) is 7.71. The molecule has 1 aliphatic heterocycles. The maximum Gasteiger partial charge on any atom is 0.229 e. The predicted octanol–water partition coefficient (Wildman–Crippen LogP) is 3.70. The minimum Gasteiger partial charge on any atom is -0.492 e. The molecule has 0 unspecified atom stereocenters. The third kappa shape index (κ3) is 3.87. The van der Waals surface area contributed by atoms with E-state index in [-0.39, 0.29) is 23.8 Å². The van der Waals surface area contributed by atoms with E-state index in [9.17, 15) is 9.59 Å². The molecule has 0 aromatic heterocycles. The lowest BCUT2D eigenvalue weighted by atomic mass is 9.77. The van der Waals surface area contributed by atoms with E-state index in [1.807, 2.05) is 36.1 Å². The number of ether oxygens (including phenoxy) is 1. The first-order valence-corrected chi connectivity index (χ1v) is 9.83. The number of carbonyl (C=O) groups is 2. The molecule has 26 heavy (non-hydrogen) atoms. The molecular weight excluding hydrogens is 328 g/mol. The number of nitrogens with one attached hydrogen (secondary N) is 1. The number of nitrogens with zero attached hydrogens (tertiary/aromatic N) is 1. The van der Waals surface area contributed by atoms with Gasteiger partial charge in [-0.1, -0.05) is 38.8 Å². The van der Waals surface area contributed by atoms with Gasteiger partial charge in [0.25, 0.3) is 0 Å². The number of rotatable bonds is 5. The van der Waals surface area contributed by atoms with Gasteiger partial charge in [-0.2, -0.15) is 0 Å². The first kappa shape index (κ1) is 18.7. The summed E-state index contributed by atoms with van der Waals surface area (Å²) >= 11 is 0. The van der Waals surface area contributed by atoms with Crippen LogP contribution in [0.4, 0.5) is 5.69 Å². The monoisotopic (exact) mass is 358 g/mol. The van der Waals surface area contributed by atoms with Crippen LogP contribution in [0.15, 0.2) is 24.3 Å². The number of para-hydroxylation sites is 2. The second-order valence-electron chi connectivity index (χ2n) is 7.70. The first-order chi connectivity index (χ1) is 12.5. The van der Waals surface area contributed by atoms with E-state index < -0.39 is 0 Å². The number of carbonyl (C=O) groups excluding carboxylic acids is 2. The molecule has 1 aromatic carbocycles. The third-order valence-corrected chi connectivity index (χ3v) is 6.04. The highest BCUT2D eigenvalue weighted by Gasteiger charge is 2.41. The minimum atomic E-state index is -0.290. The normalized spacial score (nSPS) is 28.9. The van der Waals surface area contributed by atoms with Gasteiger partial charge in [0.15, 0.2) is 0 Å². The minimum absolute atomic E-state index is 0.0930. The molecular formula is C21H30N2O3. The van der Waals surface area contributed by atoms with Gasteiger partial charge in [0, 0.05) is 19.0 Å². The fraction of sp³-hybridized carbons (Fsp3) is 0.619. The third-order valence-electron chi connectivity index (χ3n) is 6.04. The first-order valence-electron chi connectivity index (χ1n) is 9.83. The van der Waals surface area contributed by atoms with Gasteiger partial charge in [0.1, 0.15) is 5.75 Å². The van der Waals surface area contributed by atoms with Gasteiger partial charge in [-0.05, 0) is 37.3 Å². The Morgan fingerprint density at radius 2 is 2.04 bits per heavy atom. The van der Waals surface area contributed by atoms with Crippen molar-refractivity contribution in [2.24, 2.45) is 17.8 Å². The van der Waals surface area contributed by atoms with Crippen LogP contribution in [-0.2, 0) is 9.59 Å². The summed E-state index contributed by atoms with van der Waals surface area (Å²) in [5, 5.41) is 2.96. The van der Waals surface area contributed by atoms with Crippen LogP contribution in [-0.4, -0.2) is 35.9 Å². The summed E-state index contributed by atoms with van der Waals surface area (Å²) in [6.07, 6.45) is 3.76. The fourth-order valence-electron chi connectivity index (χ4n) is 4.31. The summed E-state index contributed by atoms with van der Waals surface area (Å²) in [5.41, 5.74) is 0.671. The Bertz CT molecular complexity index is 660. The number of hydrogen-bond donors (Lipinski definition) is 1. The molecule has 1 aromatic rings. The molecule has 0 spiro atoms. The predicted molar refractivity (Wildman–Crippen MR) is 102 cm³/mol.